The Hall–Kier alpha value is -3.72. The molecule has 0 radical (unpaired) electrons. The molecule has 0 saturated carbocycles. The molecule has 0 aromatic heterocycles. The maximum absolute atomic E-state index is 12.7. The van der Waals surface area contributed by atoms with Crippen molar-refractivity contribution < 1.29 is 70.4 Å². The number of carbonyl (C=O) groups excluding carboxylic acids is 6. The van der Waals surface area contributed by atoms with E-state index < -0.39 is 60.1 Å². The van der Waals surface area contributed by atoms with Crippen LogP contribution in [0.5, 0.6) is 0 Å². The number of nitrogens with one attached hydrogen (secondary N) is 2. The monoisotopic (exact) mass is 862 g/mol. The second-order valence-corrected chi connectivity index (χ2v) is 13.5. The minimum absolute atomic E-state index is 0. The molecule has 0 bridgehead atoms. The Bertz CT molecular complexity index is 1430. The van der Waals surface area contributed by atoms with Gasteiger partial charge in [-0.05, 0) is 90.2 Å². The van der Waals surface area contributed by atoms with Crippen LogP contribution >= 0.6 is 0 Å². The van der Waals surface area contributed by atoms with Crippen molar-refractivity contribution in [3.8, 4) is 0 Å². The van der Waals surface area contributed by atoms with Gasteiger partial charge in [-0.3, -0.25) is 29.8 Å². The molecule has 328 valence electrons. The number of carboxylic acid groups (broad SMARTS) is 2. The Balaban J connectivity index is -0.000000980. The summed E-state index contributed by atoms with van der Waals surface area (Å²) >= 11 is 0. The van der Waals surface area contributed by atoms with E-state index in [9.17, 15) is 39.0 Å². The van der Waals surface area contributed by atoms with Gasteiger partial charge in [0.1, 0.15) is 12.1 Å². The van der Waals surface area contributed by atoms with E-state index in [0.29, 0.717) is 64.5 Å². The Labute approximate surface area is 375 Å². The second-order valence-electron chi connectivity index (χ2n) is 13.5. The number of carbonyl (C=O) groups is 6. The molecule has 10 N–H and O–H groups in total. The average Bonchev–Trinajstić information content (AvgIpc) is 3.87. The van der Waals surface area contributed by atoms with Gasteiger partial charge in [0.15, 0.2) is 0 Å². The maximum atomic E-state index is 12.7. The molecule has 2 aliphatic heterocycles. The molecule has 59 heavy (non-hydrogen) atoms. The van der Waals surface area contributed by atoms with Crippen LogP contribution in [0.25, 0.3) is 0 Å². The first-order valence-electron chi connectivity index (χ1n) is 18.8. The fourth-order valence-corrected chi connectivity index (χ4v) is 6.73. The SMILES string of the molecule is CCOC(=O)[C@H](CCc1ccccc1)N[C@@H](C)C(=O)N1CCC[C@H]1C(=O)[O-].CCOC(=O)[C@H](CCc1ccccc1)N[C@@H](C)C(=O)N1CCC[C@H]1C(=O)[O-].O.O.O.O.[Ca+2]. The number of nitrogens with zero attached hydrogens (tertiary/aromatic N) is 2. The standard InChI is InChI=1S/2C20H28N2O5.Ca.4H2O/c2*1-3-27-20(26)16(12-11-15-8-5-4-6-9-15)21-14(2)18(23)22-13-7-10-17(22)19(24)25;;;;;/h2*4-6,8-9,14,16-17,21H,3,7,10-13H2,1-2H3,(H,24,25);;4*1H2/q;;+2;;;;/p-2/t2*14-,16-,17-;;;;;/m00...../s1. The van der Waals surface area contributed by atoms with Crippen LogP contribution in [0.3, 0.4) is 0 Å². The molecule has 2 aliphatic rings. The smallest absolute Gasteiger partial charge is 0.548 e. The van der Waals surface area contributed by atoms with Gasteiger partial charge >= 0.3 is 49.7 Å². The number of hydrogen-bond donors (Lipinski definition) is 2. The van der Waals surface area contributed by atoms with Crippen molar-refractivity contribution in [3.05, 3.63) is 71.8 Å². The van der Waals surface area contributed by atoms with Crippen molar-refractivity contribution >= 4 is 73.4 Å². The van der Waals surface area contributed by atoms with Crippen LogP contribution in [0.4, 0.5) is 0 Å². The van der Waals surface area contributed by atoms with Crippen molar-refractivity contribution in [3.63, 3.8) is 0 Å². The van der Waals surface area contributed by atoms with Gasteiger partial charge in [-0.1, -0.05) is 60.7 Å². The number of hydrogen-bond acceptors (Lipinski definition) is 12. The number of rotatable bonds is 18. The number of esters is 2. The van der Waals surface area contributed by atoms with E-state index >= 15 is 0 Å². The normalized spacial score (nSPS) is 17.2. The van der Waals surface area contributed by atoms with E-state index in [-0.39, 0.29) is 84.7 Å². The van der Waals surface area contributed by atoms with Gasteiger partial charge in [0, 0.05) is 13.1 Å². The average molecular weight is 863 g/mol. The first-order chi connectivity index (χ1) is 25.9. The van der Waals surface area contributed by atoms with Gasteiger partial charge < -0.3 is 61.0 Å². The molecule has 2 saturated heterocycles. The predicted octanol–water partition coefficient (Wildman–Crippen LogP) is -3.14. The Morgan fingerprint density at radius 2 is 0.949 bits per heavy atom. The molecule has 19 heteroatoms. The number of benzene rings is 2. The Kier molecular flexibility index (Phi) is 31.5. The van der Waals surface area contributed by atoms with Gasteiger partial charge in [0.2, 0.25) is 11.8 Å². The molecule has 0 aliphatic carbocycles. The largest absolute Gasteiger partial charge is 2.00 e. The van der Waals surface area contributed by atoms with Crippen LogP contribution in [-0.2, 0) is 51.1 Å². The summed E-state index contributed by atoms with van der Waals surface area (Å²) in [4.78, 5) is 75.0. The molecule has 0 unspecified atom stereocenters. The van der Waals surface area contributed by atoms with E-state index in [1.807, 2.05) is 60.7 Å². The Morgan fingerprint density at radius 1 is 0.627 bits per heavy atom. The van der Waals surface area contributed by atoms with Crippen molar-refractivity contribution in [1.82, 2.24) is 20.4 Å². The molecular formula is C40H62CaN4O14. The molecule has 2 aromatic rings. The fraction of sp³-hybridized carbons (Fsp3) is 0.550. The molecular weight excluding hydrogens is 801 g/mol. The summed E-state index contributed by atoms with van der Waals surface area (Å²) in [6.07, 6.45) is 4.33. The Morgan fingerprint density at radius 3 is 1.24 bits per heavy atom. The van der Waals surface area contributed by atoms with E-state index in [1.165, 1.54) is 9.80 Å². The number of aliphatic carboxylic acids is 2. The predicted molar refractivity (Wildman–Crippen MR) is 215 cm³/mol. The number of carboxylic acids is 2. The van der Waals surface area contributed by atoms with Crippen LogP contribution in [-0.4, -0.2) is 168 Å². The topological polar surface area (TPSA) is 324 Å². The van der Waals surface area contributed by atoms with Crippen LogP contribution in [0.1, 0.15) is 77.3 Å². The fourth-order valence-electron chi connectivity index (χ4n) is 6.73. The molecule has 2 amide bonds. The molecule has 6 atom stereocenters. The number of amides is 2. The summed E-state index contributed by atoms with van der Waals surface area (Å²) < 4.78 is 10.3. The molecule has 2 heterocycles. The van der Waals surface area contributed by atoms with Gasteiger partial charge in [-0.15, -0.1) is 0 Å². The molecule has 2 aromatic carbocycles. The van der Waals surface area contributed by atoms with E-state index in [1.54, 1.807) is 27.7 Å². The van der Waals surface area contributed by atoms with Crippen molar-refractivity contribution in [2.75, 3.05) is 26.3 Å². The summed E-state index contributed by atoms with van der Waals surface area (Å²) in [7, 11) is 0. The summed E-state index contributed by atoms with van der Waals surface area (Å²) in [6, 6.07) is 15.0. The minimum Gasteiger partial charge on any atom is -0.548 e. The van der Waals surface area contributed by atoms with Crippen molar-refractivity contribution in [1.29, 1.82) is 0 Å². The van der Waals surface area contributed by atoms with Crippen LogP contribution in [0.2, 0.25) is 0 Å². The van der Waals surface area contributed by atoms with Crippen molar-refractivity contribution in [2.24, 2.45) is 0 Å². The molecule has 0 spiro atoms. The number of ether oxygens (including phenoxy) is 2. The summed E-state index contributed by atoms with van der Waals surface area (Å²) in [6.45, 7) is 8.02. The minimum atomic E-state index is -1.24. The van der Waals surface area contributed by atoms with Gasteiger partial charge in [0.25, 0.3) is 0 Å². The van der Waals surface area contributed by atoms with Gasteiger partial charge in [0.05, 0.1) is 49.3 Å². The second kappa shape index (κ2) is 31.2. The van der Waals surface area contributed by atoms with Crippen molar-refractivity contribution in [2.45, 2.75) is 115 Å². The number of aryl methyl sites for hydroxylation is 2. The summed E-state index contributed by atoms with van der Waals surface area (Å²) in [5, 5.41) is 28.5. The van der Waals surface area contributed by atoms with E-state index in [2.05, 4.69) is 10.6 Å². The van der Waals surface area contributed by atoms with Crippen LogP contribution < -0.4 is 20.8 Å². The zero-order valence-electron chi connectivity index (χ0n) is 34.4. The first kappa shape index (κ1) is 59.6. The molecule has 18 nitrogen and oxygen atoms in total. The summed E-state index contributed by atoms with van der Waals surface area (Å²) in [5.74, 6) is -3.97. The van der Waals surface area contributed by atoms with E-state index in [0.717, 1.165) is 11.1 Å². The zero-order valence-corrected chi connectivity index (χ0v) is 36.6. The van der Waals surface area contributed by atoms with Gasteiger partial charge in [-0.25, -0.2) is 0 Å². The third-order valence-corrected chi connectivity index (χ3v) is 9.53. The maximum Gasteiger partial charge on any atom is 2.00 e. The van der Waals surface area contributed by atoms with Gasteiger partial charge in [-0.2, -0.15) is 0 Å². The zero-order chi connectivity index (χ0) is 39.6. The quantitative estimate of drug-likeness (QED) is 0.111. The molecule has 4 rings (SSSR count). The third-order valence-electron chi connectivity index (χ3n) is 9.53. The first-order valence-corrected chi connectivity index (χ1v) is 18.8. The van der Waals surface area contributed by atoms with E-state index in [4.69, 9.17) is 9.47 Å². The van der Waals surface area contributed by atoms with Crippen LogP contribution in [0, 0.1) is 0 Å². The van der Waals surface area contributed by atoms with Crippen LogP contribution in [0.15, 0.2) is 60.7 Å². The molecule has 2 fully saturated rings. The summed E-state index contributed by atoms with van der Waals surface area (Å²) in [5.41, 5.74) is 2.17. The number of likely N-dealkylation sites (tertiary alicyclic amines) is 2. The third kappa shape index (κ3) is 19.0.